The molecule has 0 amide bonds. The third-order valence-electron chi connectivity index (χ3n) is 7.31. The summed E-state index contributed by atoms with van der Waals surface area (Å²) in [4.78, 5) is 4.98. The SMILES string of the molecule is N#Cc1cccc(C2N=C(c3ccccc3)NC(c3ccc(-n4c5ccccc5c5ccccc54)cc3)N2)c1. The van der Waals surface area contributed by atoms with Crippen LogP contribution < -0.4 is 10.6 Å². The van der Waals surface area contributed by atoms with E-state index in [0.717, 1.165) is 28.2 Å². The van der Waals surface area contributed by atoms with Gasteiger partial charge in [-0.25, -0.2) is 4.99 Å². The summed E-state index contributed by atoms with van der Waals surface area (Å²) < 4.78 is 2.32. The maximum Gasteiger partial charge on any atom is 0.131 e. The number of amidine groups is 1. The maximum atomic E-state index is 9.44. The number of para-hydroxylation sites is 2. The molecule has 5 nitrogen and oxygen atoms in total. The minimum Gasteiger partial charge on any atom is -0.350 e. The number of nitrogens with one attached hydrogen (secondary N) is 2. The largest absolute Gasteiger partial charge is 0.350 e. The van der Waals surface area contributed by atoms with Crippen LogP contribution in [0.1, 0.15) is 34.6 Å². The summed E-state index contributed by atoms with van der Waals surface area (Å²) in [5.41, 5.74) is 7.19. The quantitative estimate of drug-likeness (QED) is 0.272. The van der Waals surface area contributed by atoms with Gasteiger partial charge in [0.25, 0.3) is 0 Å². The van der Waals surface area contributed by atoms with Gasteiger partial charge in [-0.1, -0.05) is 91.0 Å². The van der Waals surface area contributed by atoms with Gasteiger partial charge in [0.2, 0.25) is 0 Å². The molecule has 6 aromatic rings. The molecule has 1 aromatic heterocycles. The molecule has 0 aliphatic carbocycles. The molecule has 2 unspecified atom stereocenters. The molecular weight excluding hydrogens is 478 g/mol. The Hall–Kier alpha value is -5.18. The zero-order valence-corrected chi connectivity index (χ0v) is 21.1. The number of fused-ring (bicyclic) bond motifs is 3. The normalized spacial score (nSPS) is 16.9. The van der Waals surface area contributed by atoms with Gasteiger partial charge in [0, 0.05) is 22.0 Å². The predicted octanol–water partition coefficient (Wildman–Crippen LogP) is 6.99. The van der Waals surface area contributed by atoms with Crippen LogP contribution in [0.5, 0.6) is 0 Å². The molecule has 2 atom stereocenters. The average Bonchev–Trinajstić information content (AvgIpc) is 3.36. The van der Waals surface area contributed by atoms with Gasteiger partial charge in [-0.15, -0.1) is 0 Å². The Morgan fingerprint density at radius 2 is 1.33 bits per heavy atom. The fourth-order valence-corrected chi connectivity index (χ4v) is 5.44. The fraction of sp³-hybridized carbons (Fsp3) is 0.0588. The number of hydrogen-bond acceptors (Lipinski definition) is 4. The summed E-state index contributed by atoms with van der Waals surface area (Å²) in [6, 6.07) is 45.8. The number of hydrogen-bond donors (Lipinski definition) is 2. The van der Waals surface area contributed by atoms with E-state index in [2.05, 4.69) is 106 Å². The van der Waals surface area contributed by atoms with Crippen LogP contribution in [0.25, 0.3) is 27.5 Å². The van der Waals surface area contributed by atoms with Crippen LogP contribution >= 0.6 is 0 Å². The van der Waals surface area contributed by atoms with Gasteiger partial charge in [-0.2, -0.15) is 5.26 Å². The van der Waals surface area contributed by atoms with Crippen LogP contribution in [0.15, 0.2) is 132 Å². The second-order valence-electron chi connectivity index (χ2n) is 9.69. The minimum absolute atomic E-state index is 0.166. The summed E-state index contributed by atoms with van der Waals surface area (Å²) in [7, 11) is 0. The third-order valence-corrected chi connectivity index (χ3v) is 7.31. The third kappa shape index (κ3) is 4.14. The maximum absolute atomic E-state index is 9.44. The Morgan fingerprint density at radius 3 is 2.03 bits per heavy atom. The van der Waals surface area contributed by atoms with Crippen molar-refractivity contribution in [2.75, 3.05) is 0 Å². The van der Waals surface area contributed by atoms with Crippen molar-refractivity contribution in [2.45, 2.75) is 12.3 Å². The van der Waals surface area contributed by atoms with Crippen LogP contribution in [0, 0.1) is 11.3 Å². The number of aliphatic imine (C=N–C) groups is 1. The minimum atomic E-state index is -0.295. The molecule has 0 radical (unpaired) electrons. The van der Waals surface area contributed by atoms with Gasteiger partial charge in [-0.3, -0.25) is 5.32 Å². The van der Waals surface area contributed by atoms with Crippen molar-refractivity contribution < 1.29 is 0 Å². The van der Waals surface area contributed by atoms with E-state index in [-0.39, 0.29) is 12.3 Å². The Kier molecular flexibility index (Phi) is 5.66. The number of aromatic nitrogens is 1. The lowest BCUT2D eigenvalue weighted by Crippen LogP contribution is -2.44. The molecule has 39 heavy (non-hydrogen) atoms. The number of nitrogens with zero attached hydrogens (tertiary/aromatic N) is 3. The highest BCUT2D eigenvalue weighted by molar-refractivity contribution is 6.09. The summed E-state index contributed by atoms with van der Waals surface area (Å²) >= 11 is 0. The van der Waals surface area contributed by atoms with Gasteiger partial charge in [0.05, 0.1) is 22.7 Å². The van der Waals surface area contributed by atoms with Crippen molar-refractivity contribution in [1.29, 1.82) is 5.26 Å². The molecular formula is C34H25N5. The molecule has 0 fully saturated rings. The predicted molar refractivity (Wildman–Crippen MR) is 157 cm³/mol. The second-order valence-corrected chi connectivity index (χ2v) is 9.69. The van der Waals surface area contributed by atoms with Crippen LogP contribution in [0.4, 0.5) is 0 Å². The lowest BCUT2D eigenvalue weighted by molar-refractivity contribution is 0.409. The van der Waals surface area contributed by atoms with E-state index in [9.17, 15) is 5.26 Å². The van der Waals surface area contributed by atoms with Crippen molar-refractivity contribution in [2.24, 2.45) is 4.99 Å². The molecule has 5 heteroatoms. The topological polar surface area (TPSA) is 65.1 Å². The lowest BCUT2D eigenvalue weighted by Gasteiger charge is -2.32. The van der Waals surface area contributed by atoms with Crippen molar-refractivity contribution >= 4 is 27.6 Å². The van der Waals surface area contributed by atoms with E-state index >= 15 is 0 Å². The summed E-state index contributed by atoms with van der Waals surface area (Å²) in [6.45, 7) is 0. The first-order valence-electron chi connectivity index (χ1n) is 13.0. The molecule has 5 aromatic carbocycles. The molecule has 2 N–H and O–H groups in total. The number of rotatable bonds is 4. The lowest BCUT2D eigenvalue weighted by atomic mass is 10.1. The molecule has 0 bridgehead atoms. The Morgan fingerprint density at radius 1 is 0.667 bits per heavy atom. The van der Waals surface area contributed by atoms with E-state index in [0.29, 0.717) is 5.56 Å². The highest BCUT2D eigenvalue weighted by atomic mass is 15.3. The monoisotopic (exact) mass is 503 g/mol. The standard InChI is InChI=1S/C34H25N5/c35-22-23-9-8-12-26(21-23)34-37-32(24-10-2-1-3-11-24)36-33(38-34)25-17-19-27(20-18-25)39-30-15-6-4-13-28(30)29-14-5-7-16-31(29)39/h1-21,33-34,38H,(H,36,37). The first kappa shape index (κ1) is 23.0. The molecule has 2 heterocycles. The van der Waals surface area contributed by atoms with Gasteiger partial charge < -0.3 is 9.88 Å². The highest BCUT2D eigenvalue weighted by Crippen LogP contribution is 2.32. The van der Waals surface area contributed by atoms with E-state index in [1.165, 1.54) is 21.8 Å². The van der Waals surface area contributed by atoms with Crippen LogP contribution in [0.2, 0.25) is 0 Å². The van der Waals surface area contributed by atoms with Crippen LogP contribution in [0.3, 0.4) is 0 Å². The Balaban J connectivity index is 1.27. The molecule has 186 valence electrons. The van der Waals surface area contributed by atoms with Crippen LogP contribution in [-0.4, -0.2) is 10.4 Å². The molecule has 0 saturated heterocycles. The van der Waals surface area contributed by atoms with Gasteiger partial charge in [0.1, 0.15) is 18.2 Å². The zero-order valence-electron chi connectivity index (χ0n) is 21.1. The Labute approximate surface area is 226 Å². The molecule has 0 saturated carbocycles. The Bertz CT molecular complexity index is 1820. The highest BCUT2D eigenvalue weighted by Gasteiger charge is 2.25. The van der Waals surface area contributed by atoms with Crippen molar-refractivity contribution in [3.05, 3.63) is 150 Å². The van der Waals surface area contributed by atoms with Gasteiger partial charge >= 0.3 is 0 Å². The van der Waals surface area contributed by atoms with Gasteiger partial charge in [0.15, 0.2) is 0 Å². The first-order valence-corrected chi connectivity index (χ1v) is 13.0. The molecule has 1 aliphatic rings. The second kappa shape index (κ2) is 9.60. The average molecular weight is 504 g/mol. The summed E-state index contributed by atoms with van der Waals surface area (Å²) in [5.74, 6) is 0.818. The van der Waals surface area contributed by atoms with Gasteiger partial charge in [-0.05, 0) is 47.5 Å². The molecule has 1 aliphatic heterocycles. The molecule has 7 rings (SSSR count). The van der Waals surface area contributed by atoms with E-state index in [4.69, 9.17) is 4.99 Å². The van der Waals surface area contributed by atoms with Crippen molar-refractivity contribution in [1.82, 2.24) is 15.2 Å². The fourth-order valence-electron chi connectivity index (χ4n) is 5.44. The zero-order chi connectivity index (χ0) is 26.2. The van der Waals surface area contributed by atoms with Crippen molar-refractivity contribution in [3.63, 3.8) is 0 Å². The number of nitriles is 1. The van der Waals surface area contributed by atoms with E-state index in [1.807, 2.05) is 42.5 Å². The smallest absolute Gasteiger partial charge is 0.131 e. The number of benzene rings is 5. The van der Waals surface area contributed by atoms with Crippen molar-refractivity contribution in [3.8, 4) is 11.8 Å². The van der Waals surface area contributed by atoms with E-state index in [1.54, 1.807) is 0 Å². The first-order chi connectivity index (χ1) is 19.3. The summed E-state index contributed by atoms with van der Waals surface area (Å²) in [6.07, 6.45) is -0.461. The molecule has 0 spiro atoms. The van der Waals surface area contributed by atoms with E-state index < -0.39 is 0 Å². The van der Waals surface area contributed by atoms with Crippen LogP contribution in [-0.2, 0) is 0 Å². The summed E-state index contributed by atoms with van der Waals surface area (Å²) in [5, 5.41) is 19.2.